The Balaban J connectivity index is 2.40. The smallest absolute Gasteiger partial charge is 0.123 e. The molecule has 0 bridgehead atoms. The molecule has 0 amide bonds. The highest BCUT2D eigenvalue weighted by molar-refractivity contribution is 5.64. The third kappa shape index (κ3) is 2.28. The Morgan fingerprint density at radius 2 is 1.69 bits per heavy atom. The normalized spacial score (nSPS) is 12.4. The Morgan fingerprint density at radius 3 is 2.31 bits per heavy atom. The third-order valence-corrected chi connectivity index (χ3v) is 2.59. The van der Waals surface area contributed by atoms with Gasteiger partial charge < -0.3 is 5.73 Å². The molecule has 82 valence electrons. The van der Waals surface area contributed by atoms with Crippen molar-refractivity contribution < 1.29 is 4.39 Å². The Bertz CT molecular complexity index is 474. The number of halogens is 1. The average molecular weight is 215 g/mol. The van der Waals surface area contributed by atoms with Crippen LogP contribution >= 0.6 is 0 Å². The van der Waals surface area contributed by atoms with Crippen LogP contribution in [0.2, 0.25) is 0 Å². The van der Waals surface area contributed by atoms with Crippen LogP contribution in [-0.2, 0) is 0 Å². The van der Waals surface area contributed by atoms with E-state index in [1.807, 2.05) is 31.2 Å². The van der Waals surface area contributed by atoms with Crippen LogP contribution in [0.3, 0.4) is 0 Å². The van der Waals surface area contributed by atoms with Gasteiger partial charge in [0.2, 0.25) is 0 Å². The lowest BCUT2D eigenvalue weighted by molar-refractivity contribution is 0.628. The predicted molar refractivity (Wildman–Crippen MR) is 64.4 cm³/mol. The molecule has 0 heterocycles. The number of benzene rings is 2. The van der Waals surface area contributed by atoms with Crippen molar-refractivity contribution in [3.63, 3.8) is 0 Å². The molecule has 2 rings (SSSR count). The zero-order valence-corrected chi connectivity index (χ0v) is 9.15. The van der Waals surface area contributed by atoms with Crippen molar-refractivity contribution in [2.75, 3.05) is 0 Å². The summed E-state index contributed by atoms with van der Waals surface area (Å²) in [5.74, 6) is -0.216. The van der Waals surface area contributed by atoms with Gasteiger partial charge in [-0.3, -0.25) is 0 Å². The Kier molecular flexibility index (Phi) is 3.02. The lowest BCUT2D eigenvalue weighted by Crippen LogP contribution is -2.04. The second kappa shape index (κ2) is 4.45. The monoisotopic (exact) mass is 215 g/mol. The zero-order valence-electron chi connectivity index (χ0n) is 9.15. The van der Waals surface area contributed by atoms with E-state index in [9.17, 15) is 4.39 Å². The first-order valence-electron chi connectivity index (χ1n) is 5.28. The second-order valence-corrected chi connectivity index (χ2v) is 3.92. The van der Waals surface area contributed by atoms with E-state index >= 15 is 0 Å². The molecule has 0 aliphatic heterocycles. The number of nitrogens with two attached hydrogens (primary N) is 1. The molecule has 0 unspecified atom stereocenters. The van der Waals surface area contributed by atoms with Crippen molar-refractivity contribution in [3.05, 3.63) is 59.9 Å². The van der Waals surface area contributed by atoms with Gasteiger partial charge in [-0.25, -0.2) is 4.39 Å². The summed E-state index contributed by atoms with van der Waals surface area (Å²) in [5.41, 5.74) is 8.98. The third-order valence-electron chi connectivity index (χ3n) is 2.59. The molecule has 0 fully saturated rings. The first-order valence-corrected chi connectivity index (χ1v) is 5.28. The minimum Gasteiger partial charge on any atom is -0.324 e. The predicted octanol–water partition coefficient (Wildman–Crippen LogP) is 3.51. The minimum atomic E-state index is -0.216. The summed E-state index contributed by atoms with van der Waals surface area (Å²) >= 11 is 0. The minimum absolute atomic E-state index is 0.0143. The van der Waals surface area contributed by atoms with Crippen molar-refractivity contribution in [1.82, 2.24) is 0 Å². The van der Waals surface area contributed by atoms with Gasteiger partial charge in [0, 0.05) is 6.04 Å². The van der Waals surface area contributed by atoms with Crippen LogP contribution < -0.4 is 5.73 Å². The van der Waals surface area contributed by atoms with Crippen molar-refractivity contribution in [2.24, 2.45) is 5.73 Å². The molecule has 2 N–H and O–H groups in total. The molecular weight excluding hydrogens is 201 g/mol. The van der Waals surface area contributed by atoms with E-state index < -0.39 is 0 Å². The number of hydrogen-bond acceptors (Lipinski definition) is 1. The summed E-state index contributed by atoms with van der Waals surface area (Å²) in [6, 6.07) is 14.5. The van der Waals surface area contributed by atoms with Gasteiger partial charge in [-0.2, -0.15) is 0 Å². The van der Waals surface area contributed by atoms with Crippen LogP contribution in [0, 0.1) is 5.82 Å². The molecule has 1 nitrogen and oxygen atoms in total. The molecule has 2 aromatic carbocycles. The van der Waals surface area contributed by atoms with E-state index in [0.717, 1.165) is 16.7 Å². The summed E-state index contributed by atoms with van der Waals surface area (Å²) in [4.78, 5) is 0. The van der Waals surface area contributed by atoms with Crippen LogP contribution in [0.15, 0.2) is 48.5 Å². The zero-order chi connectivity index (χ0) is 11.5. The van der Waals surface area contributed by atoms with Gasteiger partial charge in [-0.15, -0.1) is 0 Å². The first kappa shape index (κ1) is 10.8. The molecule has 0 spiro atoms. The highest BCUT2D eigenvalue weighted by Gasteiger charge is 2.02. The first-order chi connectivity index (χ1) is 7.66. The lowest BCUT2D eigenvalue weighted by atomic mass is 10.0. The quantitative estimate of drug-likeness (QED) is 0.815. The molecule has 2 heteroatoms. The molecular formula is C14H14FN. The molecule has 2 aromatic rings. The number of hydrogen-bond donors (Lipinski definition) is 1. The second-order valence-electron chi connectivity index (χ2n) is 3.92. The van der Waals surface area contributed by atoms with Crippen molar-refractivity contribution in [1.29, 1.82) is 0 Å². The van der Waals surface area contributed by atoms with Crippen LogP contribution in [0.4, 0.5) is 4.39 Å². The van der Waals surface area contributed by atoms with Crippen molar-refractivity contribution in [2.45, 2.75) is 13.0 Å². The van der Waals surface area contributed by atoms with Gasteiger partial charge >= 0.3 is 0 Å². The standard InChI is InChI=1S/C14H14FN/c1-10(16)12-3-2-4-13(9-12)11-5-7-14(15)8-6-11/h2-10H,16H2,1H3/t10-/m1/s1. The molecule has 0 radical (unpaired) electrons. The number of rotatable bonds is 2. The topological polar surface area (TPSA) is 26.0 Å². The SMILES string of the molecule is C[C@@H](N)c1cccc(-c2ccc(F)cc2)c1. The van der Waals surface area contributed by atoms with Gasteiger partial charge in [0.1, 0.15) is 5.82 Å². The van der Waals surface area contributed by atoms with Gasteiger partial charge in [-0.05, 0) is 41.8 Å². The van der Waals surface area contributed by atoms with Gasteiger partial charge in [0.05, 0.1) is 0 Å². The maximum atomic E-state index is 12.8. The largest absolute Gasteiger partial charge is 0.324 e. The molecule has 16 heavy (non-hydrogen) atoms. The van der Waals surface area contributed by atoms with E-state index in [1.54, 1.807) is 12.1 Å². The van der Waals surface area contributed by atoms with Crippen LogP contribution in [0.25, 0.3) is 11.1 Å². The molecule has 0 aromatic heterocycles. The lowest BCUT2D eigenvalue weighted by Gasteiger charge is -2.08. The van der Waals surface area contributed by atoms with Gasteiger partial charge in [0.15, 0.2) is 0 Å². The highest BCUT2D eigenvalue weighted by Crippen LogP contribution is 2.22. The Morgan fingerprint density at radius 1 is 1.00 bits per heavy atom. The van der Waals surface area contributed by atoms with E-state index in [0.29, 0.717) is 0 Å². The summed E-state index contributed by atoms with van der Waals surface area (Å²) < 4.78 is 12.8. The van der Waals surface area contributed by atoms with E-state index in [-0.39, 0.29) is 11.9 Å². The fourth-order valence-corrected chi connectivity index (χ4v) is 1.64. The molecule has 0 aliphatic carbocycles. The average Bonchev–Trinajstić information content (AvgIpc) is 2.30. The van der Waals surface area contributed by atoms with Crippen LogP contribution in [0.1, 0.15) is 18.5 Å². The van der Waals surface area contributed by atoms with E-state index in [2.05, 4.69) is 0 Å². The molecule has 0 aliphatic rings. The summed E-state index contributed by atoms with van der Waals surface area (Å²) in [6.45, 7) is 1.95. The van der Waals surface area contributed by atoms with Crippen molar-refractivity contribution in [3.8, 4) is 11.1 Å². The summed E-state index contributed by atoms with van der Waals surface area (Å²) in [5, 5.41) is 0. The maximum Gasteiger partial charge on any atom is 0.123 e. The van der Waals surface area contributed by atoms with Crippen LogP contribution in [-0.4, -0.2) is 0 Å². The van der Waals surface area contributed by atoms with Crippen molar-refractivity contribution >= 4 is 0 Å². The fourth-order valence-electron chi connectivity index (χ4n) is 1.64. The Hall–Kier alpha value is -1.67. The van der Waals surface area contributed by atoms with E-state index in [1.165, 1.54) is 12.1 Å². The van der Waals surface area contributed by atoms with Crippen LogP contribution in [0.5, 0.6) is 0 Å². The molecule has 1 atom stereocenters. The van der Waals surface area contributed by atoms with Gasteiger partial charge in [-0.1, -0.05) is 30.3 Å². The van der Waals surface area contributed by atoms with Gasteiger partial charge in [0.25, 0.3) is 0 Å². The molecule has 0 saturated heterocycles. The summed E-state index contributed by atoms with van der Waals surface area (Å²) in [6.07, 6.45) is 0. The van der Waals surface area contributed by atoms with E-state index in [4.69, 9.17) is 5.73 Å². The fraction of sp³-hybridized carbons (Fsp3) is 0.143. The summed E-state index contributed by atoms with van der Waals surface area (Å²) in [7, 11) is 0. The molecule has 0 saturated carbocycles. The maximum absolute atomic E-state index is 12.8. The Labute approximate surface area is 94.7 Å². The highest BCUT2D eigenvalue weighted by atomic mass is 19.1.